The molecule has 1 aliphatic heterocycles. The summed E-state index contributed by atoms with van der Waals surface area (Å²) in [6.07, 6.45) is 0.972. The molecule has 0 spiro atoms. The van der Waals surface area contributed by atoms with Crippen LogP contribution in [-0.2, 0) is 23.3 Å². The van der Waals surface area contributed by atoms with E-state index in [1.807, 2.05) is 68.4 Å². The van der Waals surface area contributed by atoms with Gasteiger partial charge in [0.15, 0.2) is 5.82 Å². The van der Waals surface area contributed by atoms with E-state index in [0.717, 1.165) is 21.6 Å². The highest BCUT2D eigenvalue weighted by atomic mass is 16.5. The fraction of sp³-hybridized carbons (Fsp3) is 0.273. The Balaban J connectivity index is 1.53. The number of hydrogen-bond acceptors (Lipinski definition) is 5. The number of nitrogens with one attached hydrogen (secondary N) is 1. The van der Waals surface area contributed by atoms with Gasteiger partial charge in [-0.2, -0.15) is 4.98 Å². The number of rotatable bonds is 6. The molecule has 0 radical (unpaired) electrons. The summed E-state index contributed by atoms with van der Waals surface area (Å²) in [5, 5.41) is 6.86. The van der Waals surface area contributed by atoms with Gasteiger partial charge in [-0.15, -0.1) is 0 Å². The van der Waals surface area contributed by atoms with Crippen LogP contribution in [0.4, 0.5) is 4.79 Å². The quantitative estimate of drug-likeness (QED) is 0.652. The average molecular weight is 390 g/mol. The van der Waals surface area contributed by atoms with Crippen molar-refractivity contribution >= 4 is 11.9 Å². The third-order valence-corrected chi connectivity index (χ3v) is 5.39. The first-order valence-electron chi connectivity index (χ1n) is 9.59. The molecule has 0 bridgehead atoms. The zero-order valence-electron chi connectivity index (χ0n) is 16.4. The minimum Gasteiger partial charge on any atom is -0.337 e. The molecule has 7 nitrogen and oxygen atoms in total. The molecule has 3 aromatic rings. The predicted octanol–water partition coefficient (Wildman–Crippen LogP) is 3.33. The van der Waals surface area contributed by atoms with Crippen LogP contribution >= 0.6 is 0 Å². The molecule has 2 aromatic carbocycles. The predicted molar refractivity (Wildman–Crippen MR) is 106 cm³/mol. The van der Waals surface area contributed by atoms with Crippen molar-refractivity contribution in [1.29, 1.82) is 0 Å². The molecule has 2 heterocycles. The van der Waals surface area contributed by atoms with Gasteiger partial charge in [0, 0.05) is 6.42 Å². The number of hydrogen-bond donors (Lipinski definition) is 1. The van der Waals surface area contributed by atoms with Crippen molar-refractivity contribution in [2.45, 2.75) is 38.8 Å². The van der Waals surface area contributed by atoms with Gasteiger partial charge >= 0.3 is 6.03 Å². The average Bonchev–Trinajstić information content (AvgIpc) is 3.28. The van der Waals surface area contributed by atoms with Gasteiger partial charge in [0.05, 0.1) is 0 Å². The Hall–Kier alpha value is -3.48. The van der Waals surface area contributed by atoms with Crippen LogP contribution in [0, 0.1) is 6.92 Å². The van der Waals surface area contributed by atoms with E-state index in [9.17, 15) is 9.59 Å². The number of aromatic nitrogens is 2. The van der Waals surface area contributed by atoms with E-state index in [2.05, 4.69) is 15.5 Å². The number of benzene rings is 2. The number of carbonyl (C=O) groups excluding carboxylic acids is 2. The van der Waals surface area contributed by atoms with Gasteiger partial charge in [-0.1, -0.05) is 66.7 Å². The highest BCUT2D eigenvalue weighted by molar-refractivity contribution is 6.07. The molecule has 1 N–H and O–H groups in total. The molecule has 148 valence electrons. The highest BCUT2D eigenvalue weighted by Crippen LogP contribution is 2.33. The Morgan fingerprint density at radius 3 is 2.52 bits per heavy atom. The van der Waals surface area contributed by atoms with Crippen LogP contribution in [0.15, 0.2) is 59.1 Å². The maximum absolute atomic E-state index is 13.2. The Labute approximate surface area is 168 Å². The number of carbonyl (C=O) groups is 2. The maximum atomic E-state index is 13.2. The SMILES string of the molecule is CC[C@@]1(c2ccccc2)NC(=O)N(Cc2nc(Cc3ccccc3C)no2)C1=O. The summed E-state index contributed by atoms with van der Waals surface area (Å²) < 4.78 is 5.31. The van der Waals surface area contributed by atoms with E-state index in [0.29, 0.717) is 18.7 Å². The van der Waals surface area contributed by atoms with Gasteiger partial charge in [0.1, 0.15) is 12.1 Å². The lowest BCUT2D eigenvalue weighted by Crippen LogP contribution is -2.43. The topological polar surface area (TPSA) is 88.3 Å². The van der Waals surface area contributed by atoms with Crippen molar-refractivity contribution in [2.24, 2.45) is 0 Å². The molecular weight excluding hydrogens is 368 g/mol. The second kappa shape index (κ2) is 7.50. The molecule has 0 saturated carbocycles. The van der Waals surface area contributed by atoms with Crippen molar-refractivity contribution in [1.82, 2.24) is 20.4 Å². The van der Waals surface area contributed by atoms with E-state index < -0.39 is 11.6 Å². The lowest BCUT2D eigenvalue weighted by Gasteiger charge is -2.25. The van der Waals surface area contributed by atoms with Gasteiger partial charge in [0.25, 0.3) is 5.91 Å². The fourth-order valence-electron chi connectivity index (χ4n) is 3.67. The molecule has 7 heteroatoms. The molecule has 0 aliphatic carbocycles. The summed E-state index contributed by atoms with van der Waals surface area (Å²) in [6, 6.07) is 16.8. The normalized spacial score (nSPS) is 18.9. The summed E-state index contributed by atoms with van der Waals surface area (Å²) in [5.74, 6) is 0.443. The van der Waals surface area contributed by atoms with Crippen LogP contribution in [0.25, 0.3) is 0 Å². The van der Waals surface area contributed by atoms with E-state index >= 15 is 0 Å². The standard InChI is InChI=1S/C22H22N4O3/c1-3-22(17-11-5-4-6-12-17)20(27)26(21(28)24-22)14-19-23-18(25-29-19)13-16-10-8-7-9-15(16)2/h4-12H,3,13-14H2,1-2H3,(H,24,28)/t22-/m0/s1. The van der Waals surface area contributed by atoms with Gasteiger partial charge in [-0.3, -0.25) is 9.69 Å². The van der Waals surface area contributed by atoms with Gasteiger partial charge in [-0.05, 0) is 30.0 Å². The Morgan fingerprint density at radius 2 is 1.79 bits per heavy atom. The summed E-state index contributed by atoms with van der Waals surface area (Å²) in [6.45, 7) is 3.85. The lowest BCUT2D eigenvalue weighted by molar-refractivity contribution is -0.132. The highest BCUT2D eigenvalue weighted by Gasteiger charge is 2.51. The zero-order valence-corrected chi connectivity index (χ0v) is 16.4. The van der Waals surface area contributed by atoms with Gasteiger partial charge in [-0.25, -0.2) is 4.79 Å². The first-order chi connectivity index (χ1) is 14.0. The second-order valence-electron chi connectivity index (χ2n) is 7.15. The zero-order chi connectivity index (χ0) is 20.4. The monoisotopic (exact) mass is 390 g/mol. The molecule has 1 saturated heterocycles. The Morgan fingerprint density at radius 1 is 1.07 bits per heavy atom. The third-order valence-electron chi connectivity index (χ3n) is 5.39. The second-order valence-corrected chi connectivity index (χ2v) is 7.15. The number of aryl methyl sites for hydroxylation is 1. The number of urea groups is 1. The van der Waals surface area contributed by atoms with E-state index in [1.54, 1.807) is 0 Å². The van der Waals surface area contributed by atoms with E-state index in [-0.39, 0.29) is 18.3 Å². The summed E-state index contributed by atoms with van der Waals surface area (Å²) in [4.78, 5) is 31.3. The van der Waals surface area contributed by atoms with Gasteiger partial charge in [0.2, 0.25) is 5.89 Å². The fourth-order valence-corrected chi connectivity index (χ4v) is 3.67. The van der Waals surface area contributed by atoms with Crippen LogP contribution in [0.2, 0.25) is 0 Å². The number of imide groups is 1. The van der Waals surface area contributed by atoms with Crippen LogP contribution in [0.1, 0.15) is 41.8 Å². The summed E-state index contributed by atoms with van der Waals surface area (Å²) in [5.41, 5.74) is 1.93. The maximum Gasteiger partial charge on any atom is 0.325 e. The van der Waals surface area contributed by atoms with Crippen LogP contribution < -0.4 is 5.32 Å². The van der Waals surface area contributed by atoms with Crippen molar-refractivity contribution in [3.63, 3.8) is 0 Å². The summed E-state index contributed by atoms with van der Waals surface area (Å²) >= 11 is 0. The van der Waals surface area contributed by atoms with E-state index in [4.69, 9.17) is 4.52 Å². The number of nitrogens with zero attached hydrogens (tertiary/aromatic N) is 3. The Kier molecular flexibility index (Phi) is 4.88. The molecule has 4 rings (SSSR count). The smallest absolute Gasteiger partial charge is 0.325 e. The summed E-state index contributed by atoms with van der Waals surface area (Å²) in [7, 11) is 0. The lowest BCUT2D eigenvalue weighted by atomic mass is 9.87. The first kappa shape index (κ1) is 18.9. The molecular formula is C22H22N4O3. The number of amides is 3. The largest absolute Gasteiger partial charge is 0.337 e. The van der Waals surface area contributed by atoms with Crippen LogP contribution in [0.3, 0.4) is 0 Å². The van der Waals surface area contributed by atoms with Gasteiger partial charge < -0.3 is 9.84 Å². The third kappa shape index (κ3) is 3.40. The minimum atomic E-state index is -1.07. The van der Waals surface area contributed by atoms with Crippen LogP contribution in [-0.4, -0.2) is 27.0 Å². The molecule has 0 unspecified atom stereocenters. The molecule has 1 aromatic heterocycles. The molecule has 29 heavy (non-hydrogen) atoms. The van der Waals surface area contributed by atoms with Crippen molar-refractivity contribution in [3.05, 3.63) is 83.0 Å². The van der Waals surface area contributed by atoms with E-state index in [1.165, 1.54) is 0 Å². The van der Waals surface area contributed by atoms with Crippen molar-refractivity contribution < 1.29 is 14.1 Å². The molecule has 1 fully saturated rings. The minimum absolute atomic E-state index is 0.0555. The Bertz CT molecular complexity index is 1050. The molecule has 3 amide bonds. The van der Waals surface area contributed by atoms with Crippen molar-refractivity contribution in [3.8, 4) is 0 Å². The first-order valence-corrected chi connectivity index (χ1v) is 9.59. The molecule has 1 aliphatic rings. The van der Waals surface area contributed by atoms with Crippen molar-refractivity contribution in [2.75, 3.05) is 0 Å². The molecule has 1 atom stereocenters. The van der Waals surface area contributed by atoms with Crippen LogP contribution in [0.5, 0.6) is 0 Å².